The predicted octanol–water partition coefficient (Wildman–Crippen LogP) is 4.36. The van der Waals surface area contributed by atoms with Crippen molar-refractivity contribution in [2.45, 2.75) is 38.3 Å². The summed E-state index contributed by atoms with van der Waals surface area (Å²) < 4.78 is 17.1. The molecule has 2 aromatic carbocycles. The largest absolute Gasteiger partial charge is 0.493 e. The minimum atomic E-state index is -0.0902. The topological polar surface area (TPSA) is 92.7 Å². The Balaban J connectivity index is 1.23. The van der Waals surface area contributed by atoms with Crippen LogP contribution < -0.4 is 14.8 Å². The molecule has 5 rings (SSSR count). The molecule has 1 saturated carbocycles. The van der Waals surface area contributed by atoms with Gasteiger partial charge >= 0.3 is 5.24 Å². The van der Waals surface area contributed by atoms with Gasteiger partial charge in [0.05, 0.1) is 45.2 Å². The van der Waals surface area contributed by atoms with E-state index in [0.717, 1.165) is 54.2 Å². The fourth-order valence-corrected chi connectivity index (χ4v) is 5.56. The second-order valence-electron chi connectivity index (χ2n) is 9.68. The Kier molecular flexibility index (Phi) is 8.83. The Morgan fingerprint density at radius 2 is 1.87 bits per heavy atom. The van der Waals surface area contributed by atoms with E-state index in [9.17, 15) is 9.59 Å². The van der Waals surface area contributed by atoms with Crippen molar-refractivity contribution >= 4 is 34.3 Å². The average molecular weight is 539 g/mol. The van der Waals surface area contributed by atoms with Crippen molar-refractivity contribution < 1.29 is 23.8 Å². The van der Waals surface area contributed by atoms with E-state index < -0.39 is 0 Å². The first kappa shape index (κ1) is 26.5. The zero-order valence-corrected chi connectivity index (χ0v) is 22.5. The van der Waals surface area contributed by atoms with Crippen LogP contribution in [-0.4, -0.2) is 78.6 Å². The number of hydrazone groups is 1. The molecule has 2 amide bonds. The number of carbonyl (C=O) groups is 2. The molecule has 202 valence electrons. The highest BCUT2D eigenvalue weighted by molar-refractivity contribution is 8.14. The van der Waals surface area contributed by atoms with E-state index in [1.54, 1.807) is 7.11 Å². The molecule has 0 aromatic heterocycles. The van der Waals surface area contributed by atoms with Crippen LogP contribution in [0.25, 0.3) is 0 Å². The molecule has 38 heavy (non-hydrogen) atoms. The monoisotopic (exact) mass is 538 g/mol. The van der Waals surface area contributed by atoms with Crippen molar-refractivity contribution in [1.82, 2.24) is 9.91 Å². The van der Waals surface area contributed by atoms with Gasteiger partial charge in [-0.05, 0) is 61.6 Å². The number of amides is 2. The van der Waals surface area contributed by atoms with Gasteiger partial charge in [0.1, 0.15) is 0 Å². The highest BCUT2D eigenvalue weighted by Gasteiger charge is 2.24. The summed E-state index contributed by atoms with van der Waals surface area (Å²) in [7, 11) is 1.64. The summed E-state index contributed by atoms with van der Waals surface area (Å²) >= 11 is 1.24. The summed E-state index contributed by atoms with van der Waals surface area (Å²) in [6.45, 7) is 3.55. The van der Waals surface area contributed by atoms with Crippen molar-refractivity contribution in [3.05, 3.63) is 53.6 Å². The first-order chi connectivity index (χ1) is 18.6. The van der Waals surface area contributed by atoms with Crippen LogP contribution in [0.1, 0.15) is 36.8 Å². The van der Waals surface area contributed by atoms with Crippen LogP contribution in [-0.2, 0) is 16.1 Å². The molecule has 10 heteroatoms. The first-order valence-corrected chi connectivity index (χ1v) is 14.1. The van der Waals surface area contributed by atoms with E-state index in [4.69, 9.17) is 19.3 Å². The zero-order chi connectivity index (χ0) is 26.3. The summed E-state index contributed by atoms with van der Waals surface area (Å²) in [5.41, 5.74) is 3.39. The van der Waals surface area contributed by atoms with Gasteiger partial charge in [-0.1, -0.05) is 23.9 Å². The number of hydrogen-bond donors (Lipinski definition) is 1. The van der Waals surface area contributed by atoms with Gasteiger partial charge in [-0.3, -0.25) is 14.5 Å². The molecule has 2 aliphatic heterocycles. The lowest BCUT2D eigenvalue weighted by atomic mass is 10.1. The second kappa shape index (κ2) is 12.6. The Hall–Kier alpha value is -3.08. The van der Waals surface area contributed by atoms with E-state index in [1.165, 1.54) is 29.6 Å². The molecule has 0 radical (unpaired) electrons. The maximum absolute atomic E-state index is 12.6. The number of methoxy groups -OCH3 is 1. The van der Waals surface area contributed by atoms with Gasteiger partial charge in [0.2, 0.25) is 5.91 Å². The standard InChI is InChI=1S/C28H34N4O5S/c1-35-25-11-8-21(16-26(25)37-23-4-2-3-5-23)24-19-38-28(34)32(30-24)17-20-6-9-22(10-7-20)29-27(33)18-31-12-14-36-15-13-31/h6-11,16,23H,2-5,12-15,17-19H2,1H3,(H,29,33). The van der Waals surface area contributed by atoms with Gasteiger partial charge < -0.3 is 19.5 Å². The number of rotatable bonds is 9. The van der Waals surface area contributed by atoms with Crippen LogP contribution in [0.4, 0.5) is 10.5 Å². The SMILES string of the molecule is COc1ccc(C2=NN(Cc3ccc(NC(=O)CN4CCOCC4)cc3)C(=O)SC2)cc1OC1CCCC1. The van der Waals surface area contributed by atoms with E-state index in [1.807, 2.05) is 42.5 Å². The smallest absolute Gasteiger partial charge is 0.302 e. The molecule has 3 aliphatic rings. The quantitative estimate of drug-likeness (QED) is 0.507. The Morgan fingerprint density at radius 3 is 2.61 bits per heavy atom. The third-order valence-corrected chi connectivity index (χ3v) is 7.79. The summed E-state index contributed by atoms with van der Waals surface area (Å²) in [6.07, 6.45) is 4.71. The number of carbonyl (C=O) groups excluding carboxylic acids is 2. The maximum atomic E-state index is 12.6. The summed E-state index contributed by atoms with van der Waals surface area (Å²) in [5.74, 6) is 1.87. The number of ether oxygens (including phenoxy) is 3. The fourth-order valence-electron chi connectivity index (χ4n) is 4.82. The van der Waals surface area contributed by atoms with E-state index in [0.29, 0.717) is 37.8 Å². The fraction of sp³-hybridized carbons (Fsp3) is 0.464. The van der Waals surface area contributed by atoms with E-state index >= 15 is 0 Å². The van der Waals surface area contributed by atoms with Crippen LogP contribution in [0.3, 0.4) is 0 Å². The van der Waals surface area contributed by atoms with Gasteiger partial charge in [0.25, 0.3) is 0 Å². The molecule has 2 heterocycles. The van der Waals surface area contributed by atoms with Gasteiger partial charge in [0.15, 0.2) is 11.5 Å². The summed E-state index contributed by atoms with van der Waals surface area (Å²) in [6, 6.07) is 13.4. The molecule has 0 unspecified atom stereocenters. The molecule has 1 aliphatic carbocycles. The molecule has 2 fully saturated rings. The average Bonchev–Trinajstić information content (AvgIpc) is 3.45. The van der Waals surface area contributed by atoms with Crippen molar-refractivity contribution in [2.75, 3.05) is 51.0 Å². The lowest BCUT2D eigenvalue weighted by molar-refractivity contribution is -0.118. The van der Waals surface area contributed by atoms with E-state index in [-0.39, 0.29) is 17.3 Å². The summed E-state index contributed by atoms with van der Waals surface area (Å²) in [5, 5.41) is 9.04. The number of morpholine rings is 1. The lowest BCUT2D eigenvalue weighted by Gasteiger charge is -2.25. The third kappa shape index (κ3) is 6.86. The Bertz CT molecular complexity index is 1160. The molecule has 0 bridgehead atoms. The molecule has 0 spiro atoms. The normalized spacial score (nSPS) is 18.8. The van der Waals surface area contributed by atoms with E-state index in [2.05, 4.69) is 10.2 Å². The van der Waals surface area contributed by atoms with Gasteiger partial charge in [-0.2, -0.15) is 5.10 Å². The van der Waals surface area contributed by atoms with Crippen LogP contribution in [0.5, 0.6) is 11.5 Å². The molecular formula is C28H34N4O5S. The van der Waals surface area contributed by atoms with Crippen LogP contribution in [0.2, 0.25) is 0 Å². The van der Waals surface area contributed by atoms with Gasteiger partial charge in [-0.15, -0.1) is 0 Å². The number of nitrogens with one attached hydrogen (secondary N) is 1. The first-order valence-electron chi connectivity index (χ1n) is 13.1. The minimum absolute atomic E-state index is 0.0488. The van der Waals surface area contributed by atoms with Gasteiger partial charge in [-0.25, -0.2) is 5.01 Å². The molecule has 1 N–H and O–H groups in total. The van der Waals surface area contributed by atoms with Crippen LogP contribution in [0.15, 0.2) is 47.6 Å². The van der Waals surface area contributed by atoms with Crippen molar-refractivity contribution in [3.63, 3.8) is 0 Å². The molecule has 2 aromatic rings. The van der Waals surface area contributed by atoms with Crippen molar-refractivity contribution in [2.24, 2.45) is 5.10 Å². The van der Waals surface area contributed by atoms with Crippen LogP contribution >= 0.6 is 11.8 Å². The predicted molar refractivity (Wildman–Crippen MR) is 148 cm³/mol. The summed E-state index contributed by atoms with van der Waals surface area (Å²) in [4.78, 5) is 27.1. The second-order valence-corrected chi connectivity index (χ2v) is 10.6. The number of hydrogen-bond acceptors (Lipinski definition) is 8. The Morgan fingerprint density at radius 1 is 1.11 bits per heavy atom. The number of thioether (sulfide) groups is 1. The Labute approximate surface area is 227 Å². The number of nitrogens with zero attached hydrogens (tertiary/aromatic N) is 3. The lowest BCUT2D eigenvalue weighted by Crippen LogP contribution is -2.41. The number of benzene rings is 2. The molecule has 9 nitrogen and oxygen atoms in total. The third-order valence-electron chi connectivity index (χ3n) is 6.92. The minimum Gasteiger partial charge on any atom is -0.493 e. The molecular weight excluding hydrogens is 504 g/mol. The maximum Gasteiger partial charge on any atom is 0.302 e. The van der Waals surface area contributed by atoms with Crippen molar-refractivity contribution in [3.8, 4) is 11.5 Å². The number of anilines is 1. The molecule has 0 atom stereocenters. The van der Waals surface area contributed by atoms with Crippen LogP contribution in [0, 0.1) is 0 Å². The highest BCUT2D eigenvalue weighted by atomic mass is 32.2. The molecule has 1 saturated heterocycles. The van der Waals surface area contributed by atoms with Gasteiger partial charge in [0, 0.05) is 30.1 Å². The van der Waals surface area contributed by atoms with Crippen molar-refractivity contribution in [1.29, 1.82) is 0 Å². The highest BCUT2D eigenvalue weighted by Crippen LogP contribution is 2.33. The zero-order valence-electron chi connectivity index (χ0n) is 21.7.